The Labute approximate surface area is 147 Å². The van der Waals surface area contributed by atoms with E-state index in [0.717, 1.165) is 57.0 Å². The number of carbonyl (C=O) groups is 1. The summed E-state index contributed by atoms with van der Waals surface area (Å²) in [6.45, 7) is 3.81. The van der Waals surface area contributed by atoms with Gasteiger partial charge in [0.1, 0.15) is 23.6 Å². The van der Waals surface area contributed by atoms with Crippen molar-refractivity contribution >= 4 is 17.7 Å². The lowest BCUT2D eigenvalue weighted by Crippen LogP contribution is -2.51. The number of amides is 1. The fourth-order valence-corrected chi connectivity index (χ4v) is 4.08. The monoisotopic (exact) mass is 347 g/mol. The van der Waals surface area contributed by atoms with Crippen molar-refractivity contribution < 1.29 is 14.6 Å². The van der Waals surface area contributed by atoms with Crippen molar-refractivity contribution in [2.24, 2.45) is 0 Å². The molecule has 0 aromatic carbocycles. The Morgan fingerprint density at radius 2 is 1.88 bits per heavy atom. The minimum atomic E-state index is -0.426. The van der Waals surface area contributed by atoms with Crippen LogP contribution in [0, 0.1) is 0 Å². The first-order valence-corrected chi connectivity index (χ1v) is 8.99. The molecule has 1 atom stereocenters. The molecule has 3 aliphatic heterocycles. The van der Waals surface area contributed by atoms with Crippen LogP contribution < -0.4 is 9.80 Å². The highest BCUT2D eigenvalue weighted by Crippen LogP contribution is 2.33. The van der Waals surface area contributed by atoms with E-state index in [9.17, 15) is 9.90 Å². The molecule has 25 heavy (non-hydrogen) atoms. The highest BCUT2D eigenvalue weighted by Gasteiger charge is 2.46. The number of ether oxygens (including phenoxy) is 1. The van der Waals surface area contributed by atoms with Crippen LogP contribution in [0.2, 0.25) is 0 Å². The highest BCUT2D eigenvalue weighted by molar-refractivity contribution is 5.70. The first kappa shape index (κ1) is 16.4. The zero-order valence-electron chi connectivity index (χ0n) is 14.6. The van der Waals surface area contributed by atoms with Gasteiger partial charge < -0.3 is 24.5 Å². The van der Waals surface area contributed by atoms with Crippen molar-refractivity contribution in [2.45, 2.75) is 37.4 Å². The van der Waals surface area contributed by atoms with Crippen molar-refractivity contribution in [2.75, 3.05) is 49.6 Å². The molecule has 3 fully saturated rings. The third-order valence-corrected chi connectivity index (χ3v) is 5.43. The summed E-state index contributed by atoms with van der Waals surface area (Å²) in [6, 6.07) is 2.01. The standard InChI is InChI=1S/C17H25N5O3/c1-20-10-17(25-16(20)24)5-2-6-22(11-17)15-9-14(18-12-19-15)21-7-3-13(23)4-8-21/h9,12-13,23H,2-8,10-11H2,1H3/t17-/m1/s1. The van der Waals surface area contributed by atoms with Crippen LogP contribution >= 0.6 is 0 Å². The first-order valence-electron chi connectivity index (χ1n) is 8.99. The molecule has 0 aliphatic carbocycles. The Hall–Kier alpha value is -2.09. The molecule has 1 spiro atoms. The minimum absolute atomic E-state index is 0.200. The number of nitrogens with zero attached hydrogens (tertiary/aromatic N) is 5. The van der Waals surface area contributed by atoms with E-state index in [1.807, 2.05) is 6.07 Å². The molecule has 8 nitrogen and oxygen atoms in total. The third-order valence-electron chi connectivity index (χ3n) is 5.43. The molecule has 136 valence electrons. The predicted molar refractivity (Wildman–Crippen MR) is 92.8 cm³/mol. The average molecular weight is 347 g/mol. The van der Waals surface area contributed by atoms with Gasteiger partial charge >= 0.3 is 6.09 Å². The molecule has 0 saturated carbocycles. The third kappa shape index (κ3) is 3.22. The maximum atomic E-state index is 11.8. The molecule has 0 radical (unpaired) electrons. The molecule has 3 aliphatic rings. The van der Waals surface area contributed by atoms with Gasteiger partial charge in [0, 0.05) is 32.7 Å². The van der Waals surface area contributed by atoms with Crippen molar-refractivity contribution in [3.8, 4) is 0 Å². The van der Waals surface area contributed by atoms with Crippen molar-refractivity contribution in [3.63, 3.8) is 0 Å². The molecule has 1 aromatic heterocycles. The second kappa shape index (κ2) is 6.33. The Morgan fingerprint density at radius 3 is 2.56 bits per heavy atom. The van der Waals surface area contributed by atoms with Gasteiger partial charge in [0.05, 0.1) is 19.2 Å². The smallest absolute Gasteiger partial charge is 0.410 e. The van der Waals surface area contributed by atoms with E-state index in [1.54, 1.807) is 18.3 Å². The highest BCUT2D eigenvalue weighted by atomic mass is 16.6. The predicted octanol–water partition coefficient (Wildman–Crippen LogP) is 0.859. The van der Waals surface area contributed by atoms with Crippen LogP contribution in [0.1, 0.15) is 25.7 Å². The molecule has 3 saturated heterocycles. The van der Waals surface area contributed by atoms with Crippen LogP contribution in [0.3, 0.4) is 0 Å². The van der Waals surface area contributed by atoms with E-state index in [1.165, 1.54) is 0 Å². The average Bonchev–Trinajstić information content (AvgIpc) is 2.89. The minimum Gasteiger partial charge on any atom is -0.439 e. The summed E-state index contributed by atoms with van der Waals surface area (Å²) in [4.78, 5) is 26.7. The lowest BCUT2D eigenvalue weighted by Gasteiger charge is -2.39. The van der Waals surface area contributed by atoms with Gasteiger partial charge in [-0.15, -0.1) is 0 Å². The van der Waals surface area contributed by atoms with Crippen LogP contribution in [-0.4, -0.2) is 77.5 Å². The number of hydrogen-bond acceptors (Lipinski definition) is 7. The van der Waals surface area contributed by atoms with Gasteiger partial charge in [0.15, 0.2) is 0 Å². The van der Waals surface area contributed by atoms with Gasteiger partial charge in [-0.25, -0.2) is 14.8 Å². The molecule has 1 N–H and O–H groups in total. The summed E-state index contributed by atoms with van der Waals surface area (Å²) < 4.78 is 5.68. The van der Waals surface area contributed by atoms with E-state index in [-0.39, 0.29) is 12.2 Å². The maximum absolute atomic E-state index is 11.8. The second-order valence-corrected chi connectivity index (χ2v) is 7.38. The van der Waals surface area contributed by atoms with Crippen molar-refractivity contribution in [3.05, 3.63) is 12.4 Å². The topological polar surface area (TPSA) is 82.0 Å². The van der Waals surface area contributed by atoms with Crippen molar-refractivity contribution in [1.29, 1.82) is 0 Å². The summed E-state index contributed by atoms with van der Waals surface area (Å²) in [5, 5.41) is 9.68. The van der Waals surface area contributed by atoms with E-state index >= 15 is 0 Å². The summed E-state index contributed by atoms with van der Waals surface area (Å²) in [5.74, 6) is 1.78. The summed E-state index contributed by atoms with van der Waals surface area (Å²) >= 11 is 0. The van der Waals surface area contributed by atoms with Gasteiger partial charge in [-0.05, 0) is 25.7 Å². The largest absolute Gasteiger partial charge is 0.439 e. The number of rotatable bonds is 2. The van der Waals surface area contributed by atoms with Crippen molar-refractivity contribution in [1.82, 2.24) is 14.9 Å². The number of piperidine rings is 2. The van der Waals surface area contributed by atoms with Gasteiger partial charge in [0.25, 0.3) is 0 Å². The Morgan fingerprint density at radius 1 is 1.16 bits per heavy atom. The maximum Gasteiger partial charge on any atom is 0.410 e. The van der Waals surface area contributed by atoms with Crippen LogP contribution in [0.15, 0.2) is 12.4 Å². The number of likely N-dealkylation sites (N-methyl/N-ethyl adjacent to an activating group) is 1. The number of carbonyl (C=O) groups excluding carboxylic acids is 1. The van der Waals surface area contributed by atoms with E-state index in [2.05, 4.69) is 19.8 Å². The summed E-state index contributed by atoms with van der Waals surface area (Å²) in [7, 11) is 1.78. The van der Waals surface area contributed by atoms with Crippen LogP contribution in [0.4, 0.5) is 16.4 Å². The number of aromatic nitrogens is 2. The Kier molecular flexibility index (Phi) is 4.15. The van der Waals surface area contributed by atoms with Crippen LogP contribution in [0.5, 0.6) is 0 Å². The molecule has 4 heterocycles. The van der Waals surface area contributed by atoms with Crippen LogP contribution in [-0.2, 0) is 4.74 Å². The Bertz CT molecular complexity index is 649. The second-order valence-electron chi connectivity index (χ2n) is 7.38. The number of aliphatic hydroxyl groups excluding tert-OH is 1. The SMILES string of the molecule is CN1C[C@@]2(CCCN(c3cc(N4CCC(O)CC4)ncn3)C2)OC1=O. The normalized spacial score (nSPS) is 27.9. The zero-order chi connectivity index (χ0) is 17.4. The zero-order valence-corrected chi connectivity index (χ0v) is 14.6. The van der Waals surface area contributed by atoms with E-state index < -0.39 is 5.60 Å². The molecule has 1 amide bonds. The van der Waals surface area contributed by atoms with Gasteiger partial charge in [-0.1, -0.05) is 0 Å². The quantitative estimate of drug-likeness (QED) is 0.849. The lowest BCUT2D eigenvalue weighted by molar-refractivity contribution is 0.0445. The van der Waals surface area contributed by atoms with Gasteiger partial charge in [-0.2, -0.15) is 0 Å². The van der Waals surface area contributed by atoms with Gasteiger partial charge in [0.2, 0.25) is 0 Å². The molecular weight excluding hydrogens is 322 g/mol. The molecule has 0 unspecified atom stereocenters. The molecule has 8 heteroatoms. The molecule has 1 aromatic rings. The van der Waals surface area contributed by atoms with Gasteiger partial charge in [-0.3, -0.25) is 0 Å². The lowest BCUT2D eigenvalue weighted by atomic mass is 9.93. The number of anilines is 2. The molecular formula is C17H25N5O3. The Balaban J connectivity index is 1.50. The molecule has 0 bridgehead atoms. The molecule has 4 rings (SSSR count). The number of hydrogen-bond donors (Lipinski definition) is 1. The fraction of sp³-hybridized carbons (Fsp3) is 0.706. The van der Waals surface area contributed by atoms with E-state index in [0.29, 0.717) is 13.1 Å². The first-order chi connectivity index (χ1) is 12.0. The summed E-state index contributed by atoms with van der Waals surface area (Å²) in [6.07, 6.45) is 4.57. The van der Waals surface area contributed by atoms with E-state index in [4.69, 9.17) is 4.74 Å². The fourth-order valence-electron chi connectivity index (χ4n) is 4.08. The van der Waals surface area contributed by atoms with Crippen LogP contribution in [0.25, 0.3) is 0 Å². The summed E-state index contributed by atoms with van der Waals surface area (Å²) in [5.41, 5.74) is -0.426. The number of aliphatic hydroxyl groups is 1.